The molecule has 4 N–H and O–H groups in total. The number of ether oxygens (including phenoxy) is 2. The Morgan fingerprint density at radius 2 is 1.94 bits per heavy atom. The van der Waals surface area contributed by atoms with Crippen molar-refractivity contribution in [1.29, 1.82) is 0 Å². The van der Waals surface area contributed by atoms with Crippen LogP contribution in [0.1, 0.15) is 49.2 Å². The van der Waals surface area contributed by atoms with Crippen LogP contribution in [-0.2, 0) is 17.7 Å². The van der Waals surface area contributed by atoms with Crippen LogP contribution in [0, 0.1) is 0 Å². The number of benzene rings is 1. The van der Waals surface area contributed by atoms with Gasteiger partial charge in [0.05, 0.1) is 29.7 Å². The van der Waals surface area contributed by atoms with Crippen LogP contribution in [0.25, 0.3) is 11.3 Å². The third kappa shape index (κ3) is 7.35. The maximum atomic E-state index is 13.1. The van der Waals surface area contributed by atoms with Gasteiger partial charge in [0.25, 0.3) is 5.91 Å². The molecule has 5 heterocycles. The van der Waals surface area contributed by atoms with E-state index in [9.17, 15) is 9.59 Å². The lowest BCUT2D eigenvalue weighted by molar-refractivity contribution is 0.0218. The van der Waals surface area contributed by atoms with Gasteiger partial charge in [-0.3, -0.25) is 4.79 Å². The van der Waals surface area contributed by atoms with Gasteiger partial charge in [-0.2, -0.15) is 0 Å². The summed E-state index contributed by atoms with van der Waals surface area (Å²) in [5.74, 6) is 1.85. The Kier molecular flexibility index (Phi) is 8.79. The second-order valence-corrected chi connectivity index (χ2v) is 12.6. The van der Waals surface area contributed by atoms with E-state index in [2.05, 4.69) is 42.4 Å². The van der Waals surface area contributed by atoms with E-state index in [4.69, 9.17) is 15.2 Å². The van der Waals surface area contributed by atoms with Crippen LogP contribution < -0.4 is 26.0 Å². The number of nitrogens with one attached hydrogen (secondary N) is 2. The summed E-state index contributed by atoms with van der Waals surface area (Å²) in [6, 6.07) is 13.0. The molecule has 0 saturated carbocycles. The standard InChI is InChI=1S/C34H39N9O4/c1-21-20-42(33(45)47-34(2,3)4)13-14-43(21)24-8-9-28(37-18-24)41-31(44)23-7-5-6-22(16-23)17-38-30-25-11-15-46-29(25)26(19-39-30)27-10-12-36-32(35)40-27/h5-10,12,16,18-19,21H,11,13-15,17,20H2,1-4H3,(H,38,39)(H2,35,36,40)(H,37,41,44)/t21-/m1/s1. The minimum atomic E-state index is -0.532. The number of hydrogen-bond donors (Lipinski definition) is 3. The third-order valence-electron chi connectivity index (χ3n) is 7.93. The van der Waals surface area contributed by atoms with Gasteiger partial charge in [-0.15, -0.1) is 0 Å². The van der Waals surface area contributed by atoms with Crippen molar-refractivity contribution in [1.82, 2.24) is 24.8 Å². The molecule has 13 heteroatoms. The topological polar surface area (TPSA) is 161 Å². The molecule has 1 aromatic carbocycles. The van der Waals surface area contributed by atoms with Crippen molar-refractivity contribution in [3.05, 3.63) is 77.7 Å². The van der Waals surface area contributed by atoms with Gasteiger partial charge in [-0.1, -0.05) is 12.1 Å². The number of nitrogens with two attached hydrogens (primary N) is 1. The normalized spacial score (nSPS) is 15.9. The average Bonchev–Trinajstić information content (AvgIpc) is 3.54. The lowest BCUT2D eigenvalue weighted by Crippen LogP contribution is -2.54. The van der Waals surface area contributed by atoms with Gasteiger partial charge in [0.15, 0.2) is 0 Å². The van der Waals surface area contributed by atoms with Gasteiger partial charge in [0, 0.05) is 62.2 Å². The molecule has 0 aliphatic carbocycles. The first-order valence-electron chi connectivity index (χ1n) is 15.6. The van der Waals surface area contributed by atoms with Gasteiger partial charge in [0.1, 0.15) is 23.0 Å². The predicted octanol–water partition coefficient (Wildman–Crippen LogP) is 4.76. The number of hydrogen-bond acceptors (Lipinski definition) is 11. The SMILES string of the molecule is C[C@@H]1CN(C(=O)OC(C)(C)C)CCN1c1ccc(NC(=O)c2cccc(CNc3ncc(-c4ccnc(N)n4)c4c3CCO4)c2)nc1. The zero-order chi connectivity index (χ0) is 33.1. The fraction of sp³-hybridized carbons (Fsp3) is 0.353. The Morgan fingerprint density at radius 3 is 2.68 bits per heavy atom. The minimum absolute atomic E-state index is 0.0781. The van der Waals surface area contributed by atoms with Crippen LogP contribution in [0.4, 0.5) is 28.1 Å². The van der Waals surface area contributed by atoms with Crippen LogP contribution in [0.3, 0.4) is 0 Å². The summed E-state index contributed by atoms with van der Waals surface area (Å²) < 4.78 is 11.5. The summed E-state index contributed by atoms with van der Waals surface area (Å²) in [5.41, 5.74) is 10.0. The van der Waals surface area contributed by atoms with Crippen molar-refractivity contribution < 1.29 is 19.1 Å². The molecule has 1 fully saturated rings. The molecule has 2 aliphatic rings. The van der Waals surface area contributed by atoms with Gasteiger partial charge in [-0.05, 0) is 63.6 Å². The zero-order valence-corrected chi connectivity index (χ0v) is 27.0. The Balaban J connectivity index is 1.06. The highest BCUT2D eigenvalue weighted by molar-refractivity contribution is 6.03. The van der Waals surface area contributed by atoms with Crippen LogP contribution in [-0.4, -0.2) is 74.7 Å². The first-order valence-corrected chi connectivity index (χ1v) is 15.6. The predicted molar refractivity (Wildman–Crippen MR) is 179 cm³/mol. The van der Waals surface area contributed by atoms with E-state index in [1.807, 2.05) is 45.0 Å². The van der Waals surface area contributed by atoms with E-state index in [1.165, 1.54) is 0 Å². The van der Waals surface area contributed by atoms with E-state index < -0.39 is 5.60 Å². The second kappa shape index (κ2) is 13.1. The van der Waals surface area contributed by atoms with E-state index in [0.717, 1.165) is 33.9 Å². The fourth-order valence-corrected chi connectivity index (χ4v) is 5.71. The fourth-order valence-electron chi connectivity index (χ4n) is 5.71. The molecule has 2 aliphatic heterocycles. The molecule has 4 aromatic rings. The number of carbonyl (C=O) groups excluding carboxylic acids is 2. The lowest BCUT2D eigenvalue weighted by atomic mass is 10.1. The van der Waals surface area contributed by atoms with Crippen LogP contribution in [0.2, 0.25) is 0 Å². The van der Waals surface area contributed by atoms with E-state index in [0.29, 0.717) is 56.3 Å². The number of nitrogens with zero attached hydrogens (tertiary/aromatic N) is 6. The average molecular weight is 638 g/mol. The van der Waals surface area contributed by atoms with Crippen molar-refractivity contribution in [2.45, 2.75) is 52.3 Å². The first-order chi connectivity index (χ1) is 22.5. The molecule has 0 spiro atoms. The second-order valence-electron chi connectivity index (χ2n) is 12.6. The lowest BCUT2D eigenvalue weighted by Gasteiger charge is -2.41. The van der Waals surface area contributed by atoms with Crippen LogP contribution in [0.5, 0.6) is 5.75 Å². The summed E-state index contributed by atoms with van der Waals surface area (Å²) in [5, 5.41) is 6.30. The Hall–Kier alpha value is -5.46. The maximum Gasteiger partial charge on any atom is 0.410 e. The summed E-state index contributed by atoms with van der Waals surface area (Å²) >= 11 is 0. The van der Waals surface area contributed by atoms with Gasteiger partial charge in [-0.25, -0.2) is 24.7 Å². The van der Waals surface area contributed by atoms with Crippen LogP contribution in [0.15, 0.2) is 61.1 Å². The molecular formula is C34H39N9O4. The molecule has 244 valence electrons. The summed E-state index contributed by atoms with van der Waals surface area (Å²) in [4.78, 5) is 47.0. The highest BCUT2D eigenvalue weighted by atomic mass is 16.6. The number of fused-ring (bicyclic) bond motifs is 1. The van der Waals surface area contributed by atoms with Crippen molar-refractivity contribution in [2.24, 2.45) is 0 Å². The molecule has 1 saturated heterocycles. The molecule has 3 aromatic heterocycles. The number of rotatable bonds is 7. The minimum Gasteiger partial charge on any atom is -0.492 e. The molecule has 6 rings (SSSR count). The highest BCUT2D eigenvalue weighted by Gasteiger charge is 2.30. The summed E-state index contributed by atoms with van der Waals surface area (Å²) in [6.07, 6.45) is 5.50. The smallest absolute Gasteiger partial charge is 0.410 e. The molecule has 47 heavy (non-hydrogen) atoms. The monoisotopic (exact) mass is 637 g/mol. The molecule has 13 nitrogen and oxygen atoms in total. The molecule has 2 amide bonds. The van der Waals surface area contributed by atoms with Crippen molar-refractivity contribution >= 4 is 35.3 Å². The van der Waals surface area contributed by atoms with Crippen LogP contribution >= 0.6 is 0 Å². The number of piperazine rings is 1. The number of aromatic nitrogens is 4. The zero-order valence-electron chi connectivity index (χ0n) is 27.0. The van der Waals surface area contributed by atoms with Gasteiger partial charge < -0.3 is 35.6 Å². The van der Waals surface area contributed by atoms with Crippen molar-refractivity contribution in [2.75, 3.05) is 47.5 Å². The van der Waals surface area contributed by atoms with Crippen molar-refractivity contribution in [3.63, 3.8) is 0 Å². The molecular weight excluding hydrogens is 598 g/mol. The Labute approximate surface area is 273 Å². The van der Waals surface area contributed by atoms with E-state index in [-0.39, 0.29) is 24.0 Å². The Bertz CT molecular complexity index is 1770. The maximum absolute atomic E-state index is 13.1. The number of pyridine rings is 2. The van der Waals surface area contributed by atoms with Gasteiger partial charge in [0.2, 0.25) is 5.95 Å². The first kappa shape index (κ1) is 31.5. The summed E-state index contributed by atoms with van der Waals surface area (Å²) in [7, 11) is 0. The van der Waals surface area contributed by atoms with E-state index >= 15 is 0 Å². The summed E-state index contributed by atoms with van der Waals surface area (Å²) in [6.45, 7) is 10.4. The van der Waals surface area contributed by atoms with Gasteiger partial charge >= 0.3 is 6.09 Å². The van der Waals surface area contributed by atoms with E-state index in [1.54, 1.807) is 41.7 Å². The number of amides is 2. The number of carbonyl (C=O) groups is 2. The largest absolute Gasteiger partial charge is 0.492 e. The highest BCUT2D eigenvalue weighted by Crippen LogP contribution is 2.39. The third-order valence-corrected chi connectivity index (χ3v) is 7.93. The molecule has 0 bridgehead atoms. The molecule has 0 radical (unpaired) electrons. The molecule has 1 atom stereocenters. The van der Waals surface area contributed by atoms with Crippen molar-refractivity contribution in [3.8, 4) is 17.0 Å². The number of anilines is 4. The Morgan fingerprint density at radius 1 is 1.09 bits per heavy atom. The number of nitrogen functional groups attached to an aromatic ring is 1. The molecule has 0 unspecified atom stereocenters. The quantitative estimate of drug-likeness (QED) is 0.256.